The average Bonchev–Trinajstić information content (AvgIpc) is 3.14. The minimum atomic E-state index is -0.617. The van der Waals surface area contributed by atoms with Gasteiger partial charge in [-0.2, -0.15) is 0 Å². The molecule has 2 aromatic heterocycles. The van der Waals surface area contributed by atoms with E-state index >= 15 is 0 Å². The zero-order valence-electron chi connectivity index (χ0n) is 17.5. The van der Waals surface area contributed by atoms with E-state index in [2.05, 4.69) is 15.3 Å². The Kier molecular flexibility index (Phi) is 5.57. The highest BCUT2D eigenvalue weighted by Crippen LogP contribution is 2.31. The highest BCUT2D eigenvalue weighted by atomic mass is 19.1. The van der Waals surface area contributed by atoms with Crippen molar-refractivity contribution in [3.8, 4) is 11.3 Å². The van der Waals surface area contributed by atoms with Gasteiger partial charge in [0.25, 0.3) is 0 Å². The first-order valence-electron chi connectivity index (χ1n) is 9.79. The van der Waals surface area contributed by atoms with Crippen molar-refractivity contribution >= 4 is 17.5 Å². The number of rotatable bonds is 6. The molecule has 1 aromatic carbocycles. The number of hydrogen-bond donors (Lipinski definition) is 1. The van der Waals surface area contributed by atoms with Gasteiger partial charge in [-0.25, -0.2) is 19.2 Å². The van der Waals surface area contributed by atoms with Crippen LogP contribution in [0.4, 0.5) is 20.7 Å². The summed E-state index contributed by atoms with van der Waals surface area (Å²) in [5.74, 6) is 0.242. The van der Waals surface area contributed by atoms with E-state index in [4.69, 9.17) is 4.74 Å². The third kappa shape index (κ3) is 4.14. The summed E-state index contributed by atoms with van der Waals surface area (Å²) in [4.78, 5) is 33.6. The number of urea groups is 1. The summed E-state index contributed by atoms with van der Waals surface area (Å²) in [6.45, 7) is 0.598. The van der Waals surface area contributed by atoms with E-state index in [1.807, 2.05) is 17.8 Å². The Balaban J connectivity index is 1.50. The quantitative estimate of drug-likeness (QED) is 0.465. The van der Waals surface area contributed by atoms with Gasteiger partial charge in [-0.3, -0.25) is 15.4 Å². The minimum absolute atomic E-state index is 0.180. The van der Waals surface area contributed by atoms with E-state index in [0.717, 1.165) is 5.82 Å². The summed E-state index contributed by atoms with van der Waals surface area (Å²) < 4.78 is 20.7. The number of nitro groups is 1. The molecule has 0 aliphatic carbocycles. The number of carbonyl (C=O) groups is 1. The maximum absolute atomic E-state index is 13.2. The number of hydrogen-bond acceptors (Lipinski definition) is 6. The molecule has 0 spiro atoms. The van der Waals surface area contributed by atoms with E-state index in [9.17, 15) is 19.3 Å². The molecule has 11 heteroatoms. The number of carbonyl (C=O) groups excluding carboxylic acids is 1. The van der Waals surface area contributed by atoms with Crippen LogP contribution < -0.4 is 5.32 Å². The first-order chi connectivity index (χ1) is 15.3. The number of aryl methyl sites for hydroxylation is 1. The van der Waals surface area contributed by atoms with Crippen molar-refractivity contribution in [2.75, 3.05) is 25.5 Å². The van der Waals surface area contributed by atoms with Crippen molar-refractivity contribution in [1.82, 2.24) is 19.4 Å². The van der Waals surface area contributed by atoms with Crippen molar-refractivity contribution in [2.45, 2.75) is 12.0 Å². The van der Waals surface area contributed by atoms with Crippen LogP contribution in [0.15, 0.2) is 48.8 Å². The summed E-state index contributed by atoms with van der Waals surface area (Å²) in [7, 11) is 3.46. The average molecular weight is 440 g/mol. The lowest BCUT2D eigenvalue weighted by Crippen LogP contribution is -2.66. The Morgan fingerprint density at radius 1 is 1.28 bits per heavy atom. The lowest BCUT2D eigenvalue weighted by atomic mass is 9.90. The molecular weight excluding hydrogens is 419 g/mol. The molecule has 1 fully saturated rings. The van der Waals surface area contributed by atoms with Crippen molar-refractivity contribution in [1.29, 1.82) is 0 Å². The van der Waals surface area contributed by atoms with Crippen LogP contribution in [0.2, 0.25) is 0 Å². The summed E-state index contributed by atoms with van der Waals surface area (Å²) in [5.41, 5.74) is 0.0201. The number of halogens is 1. The van der Waals surface area contributed by atoms with Crippen LogP contribution in [0.1, 0.15) is 5.82 Å². The lowest BCUT2D eigenvalue weighted by molar-refractivity contribution is -0.384. The maximum atomic E-state index is 13.2. The monoisotopic (exact) mass is 440 g/mol. The second-order valence-corrected chi connectivity index (χ2v) is 7.63. The van der Waals surface area contributed by atoms with Gasteiger partial charge >= 0.3 is 11.7 Å². The molecule has 1 saturated heterocycles. The molecule has 166 valence electrons. The van der Waals surface area contributed by atoms with Gasteiger partial charge in [0.1, 0.15) is 17.2 Å². The number of imidazole rings is 1. The Bertz CT molecular complexity index is 1160. The SMILES string of the molecule is COC1(Cc2nccn2C)CN(C(=O)Nc2nc(-c3ccc(F)cc3)ccc2[N+](=O)[O-])C1. The molecule has 0 bridgehead atoms. The molecule has 0 saturated carbocycles. The van der Waals surface area contributed by atoms with Gasteiger partial charge in [0.2, 0.25) is 5.82 Å². The van der Waals surface area contributed by atoms with Crippen molar-refractivity contribution < 1.29 is 18.8 Å². The van der Waals surface area contributed by atoms with E-state index < -0.39 is 22.4 Å². The zero-order chi connectivity index (χ0) is 22.9. The fraction of sp³-hybridized carbons (Fsp3) is 0.286. The molecule has 3 heterocycles. The summed E-state index contributed by atoms with van der Waals surface area (Å²) in [6, 6.07) is 7.74. The fourth-order valence-corrected chi connectivity index (χ4v) is 3.61. The number of nitrogens with one attached hydrogen (secondary N) is 1. The summed E-state index contributed by atoms with van der Waals surface area (Å²) in [5, 5.41) is 14.0. The largest absolute Gasteiger partial charge is 0.374 e. The van der Waals surface area contributed by atoms with Crippen LogP contribution >= 0.6 is 0 Å². The van der Waals surface area contributed by atoms with Crippen LogP contribution in [0.3, 0.4) is 0 Å². The summed E-state index contributed by atoms with van der Waals surface area (Å²) >= 11 is 0. The van der Waals surface area contributed by atoms with Crippen molar-refractivity contribution in [2.24, 2.45) is 7.05 Å². The normalized spacial score (nSPS) is 14.7. The molecule has 1 N–H and O–H groups in total. The lowest BCUT2D eigenvalue weighted by Gasteiger charge is -2.48. The predicted molar refractivity (Wildman–Crippen MR) is 114 cm³/mol. The van der Waals surface area contributed by atoms with Crippen LogP contribution in [0.25, 0.3) is 11.3 Å². The Labute approximate surface area is 182 Å². The smallest absolute Gasteiger partial charge is 0.323 e. The van der Waals surface area contributed by atoms with Crippen LogP contribution in [-0.2, 0) is 18.2 Å². The maximum Gasteiger partial charge on any atom is 0.323 e. The number of nitrogens with zero attached hydrogens (tertiary/aromatic N) is 5. The van der Waals surface area contributed by atoms with Gasteiger partial charge in [0.05, 0.1) is 23.7 Å². The first-order valence-corrected chi connectivity index (χ1v) is 9.79. The first kappa shape index (κ1) is 21.4. The standard InChI is InChI=1S/C21H21FN6O4/c1-26-10-9-23-18(26)11-21(32-2)12-27(13-21)20(29)25-19-17(28(30)31)8-7-16(24-19)14-3-5-15(22)6-4-14/h3-10H,11-13H2,1-2H3,(H,24,25,29). The van der Waals surface area contributed by atoms with E-state index in [-0.39, 0.29) is 11.5 Å². The highest BCUT2D eigenvalue weighted by molar-refractivity contribution is 5.91. The number of ether oxygens (including phenoxy) is 1. The number of methoxy groups -OCH3 is 1. The number of amides is 2. The molecule has 0 unspecified atom stereocenters. The number of benzene rings is 1. The second kappa shape index (κ2) is 8.35. The number of anilines is 1. The molecular formula is C21H21FN6O4. The Morgan fingerprint density at radius 3 is 2.59 bits per heavy atom. The highest BCUT2D eigenvalue weighted by Gasteiger charge is 2.46. The molecule has 3 aromatic rings. The van der Waals surface area contributed by atoms with Gasteiger partial charge < -0.3 is 14.2 Å². The molecule has 1 aliphatic rings. The molecule has 1 aliphatic heterocycles. The molecule has 0 radical (unpaired) electrons. The number of likely N-dealkylation sites (tertiary alicyclic amines) is 1. The van der Waals surface area contributed by atoms with Gasteiger partial charge in [0.15, 0.2) is 0 Å². The third-order valence-electron chi connectivity index (χ3n) is 5.52. The van der Waals surface area contributed by atoms with Gasteiger partial charge in [-0.1, -0.05) is 0 Å². The van der Waals surface area contributed by atoms with Crippen molar-refractivity contribution in [3.63, 3.8) is 0 Å². The van der Waals surface area contributed by atoms with E-state index in [1.54, 1.807) is 13.3 Å². The topological polar surface area (TPSA) is 115 Å². The van der Waals surface area contributed by atoms with Crippen LogP contribution in [0.5, 0.6) is 0 Å². The minimum Gasteiger partial charge on any atom is -0.374 e. The summed E-state index contributed by atoms with van der Waals surface area (Å²) in [6.07, 6.45) is 4.05. The van der Waals surface area contributed by atoms with Crippen LogP contribution in [-0.4, -0.2) is 56.2 Å². The second-order valence-electron chi connectivity index (χ2n) is 7.63. The zero-order valence-corrected chi connectivity index (χ0v) is 17.5. The van der Waals surface area contributed by atoms with E-state index in [0.29, 0.717) is 30.8 Å². The van der Waals surface area contributed by atoms with Crippen LogP contribution in [0, 0.1) is 15.9 Å². The van der Waals surface area contributed by atoms with Crippen molar-refractivity contribution in [3.05, 3.63) is 70.5 Å². The fourth-order valence-electron chi connectivity index (χ4n) is 3.61. The number of pyridine rings is 1. The molecule has 32 heavy (non-hydrogen) atoms. The number of aromatic nitrogens is 3. The Hall–Kier alpha value is -3.86. The molecule has 0 atom stereocenters. The molecule has 2 amide bonds. The third-order valence-corrected chi connectivity index (χ3v) is 5.52. The van der Waals surface area contributed by atoms with Gasteiger partial charge in [-0.15, -0.1) is 0 Å². The molecule has 10 nitrogen and oxygen atoms in total. The van der Waals surface area contributed by atoms with E-state index in [1.165, 1.54) is 41.3 Å². The van der Waals surface area contributed by atoms with Gasteiger partial charge in [0, 0.05) is 44.6 Å². The van der Waals surface area contributed by atoms with Gasteiger partial charge in [-0.05, 0) is 30.3 Å². The molecule has 4 rings (SSSR count). The Morgan fingerprint density at radius 2 is 2.00 bits per heavy atom. The predicted octanol–water partition coefficient (Wildman–Crippen LogP) is 3.00.